The van der Waals surface area contributed by atoms with Gasteiger partial charge in [-0.15, -0.1) is 0 Å². The quantitative estimate of drug-likeness (QED) is 0.814. The molecule has 142 valence electrons. The molecule has 0 bridgehead atoms. The Morgan fingerprint density at radius 3 is 2.31 bits per heavy atom. The van der Waals surface area contributed by atoms with Gasteiger partial charge in [0.25, 0.3) is 5.91 Å². The number of aryl methyl sites for hydroxylation is 1. The molecule has 2 N–H and O–H groups in total. The van der Waals surface area contributed by atoms with Crippen molar-refractivity contribution in [1.82, 2.24) is 15.5 Å². The topological polar surface area (TPSA) is 78.5 Å². The lowest BCUT2D eigenvalue weighted by Crippen LogP contribution is -2.53. The van der Waals surface area contributed by atoms with Gasteiger partial charge >= 0.3 is 0 Å². The van der Waals surface area contributed by atoms with Crippen LogP contribution in [0.1, 0.15) is 49.0 Å². The van der Waals surface area contributed by atoms with Crippen LogP contribution in [0.15, 0.2) is 24.3 Å². The minimum absolute atomic E-state index is 0.0249. The second kappa shape index (κ2) is 9.36. The highest BCUT2D eigenvalue weighted by Crippen LogP contribution is 2.21. The van der Waals surface area contributed by atoms with E-state index in [0.717, 1.165) is 12.0 Å². The summed E-state index contributed by atoms with van der Waals surface area (Å²) >= 11 is 0. The van der Waals surface area contributed by atoms with Crippen molar-refractivity contribution in [2.24, 2.45) is 5.92 Å². The number of hydrogen-bond acceptors (Lipinski definition) is 3. The second-order valence-electron chi connectivity index (χ2n) is 6.95. The fourth-order valence-electron chi connectivity index (χ4n) is 3.23. The Morgan fingerprint density at radius 2 is 1.77 bits per heavy atom. The normalized spacial score (nSPS) is 16.0. The van der Waals surface area contributed by atoms with Crippen molar-refractivity contribution in [3.05, 3.63) is 35.4 Å². The van der Waals surface area contributed by atoms with Crippen LogP contribution in [0.25, 0.3) is 0 Å². The number of nitrogens with zero attached hydrogens (tertiary/aromatic N) is 1. The Bertz CT molecular complexity index is 634. The molecule has 0 saturated carbocycles. The van der Waals surface area contributed by atoms with Gasteiger partial charge in [-0.3, -0.25) is 14.4 Å². The van der Waals surface area contributed by atoms with E-state index in [0.29, 0.717) is 38.0 Å². The summed E-state index contributed by atoms with van der Waals surface area (Å²) < 4.78 is 0. The molecule has 1 atom stereocenters. The molecule has 1 aliphatic rings. The van der Waals surface area contributed by atoms with E-state index in [1.165, 1.54) is 0 Å². The molecule has 1 saturated heterocycles. The highest BCUT2D eigenvalue weighted by Gasteiger charge is 2.33. The van der Waals surface area contributed by atoms with Crippen LogP contribution in [0, 0.1) is 12.8 Å². The summed E-state index contributed by atoms with van der Waals surface area (Å²) in [5.74, 6) is -0.305. The van der Waals surface area contributed by atoms with Crippen molar-refractivity contribution >= 4 is 17.7 Å². The highest BCUT2D eigenvalue weighted by molar-refractivity contribution is 5.97. The Labute approximate surface area is 155 Å². The Morgan fingerprint density at radius 1 is 1.15 bits per heavy atom. The van der Waals surface area contributed by atoms with E-state index in [1.54, 1.807) is 24.0 Å². The molecule has 3 amide bonds. The Balaban J connectivity index is 2.08. The molecule has 1 aliphatic heterocycles. The predicted octanol–water partition coefficient (Wildman–Crippen LogP) is 1.88. The molecule has 1 fully saturated rings. The summed E-state index contributed by atoms with van der Waals surface area (Å²) in [4.78, 5) is 38.5. The second-order valence-corrected chi connectivity index (χ2v) is 6.95. The molecule has 1 unspecified atom stereocenters. The van der Waals surface area contributed by atoms with Gasteiger partial charge in [-0.05, 0) is 44.2 Å². The first-order valence-corrected chi connectivity index (χ1v) is 9.33. The van der Waals surface area contributed by atoms with E-state index in [9.17, 15) is 14.4 Å². The van der Waals surface area contributed by atoms with Gasteiger partial charge < -0.3 is 15.5 Å². The fraction of sp³-hybridized carbons (Fsp3) is 0.550. The van der Waals surface area contributed by atoms with Gasteiger partial charge in [0.05, 0.1) is 0 Å². The first-order valence-electron chi connectivity index (χ1n) is 9.33. The number of nitrogens with one attached hydrogen (secondary N) is 2. The van der Waals surface area contributed by atoms with Gasteiger partial charge in [0.15, 0.2) is 0 Å². The predicted molar refractivity (Wildman–Crippen MR) is 101 cm³/mol. The standard InChI is InChI=1S/C20H29N3O3/c1-4-11-21-20(26)18(16-9-12-23(13-10-16)15(3)24)22-19(25)17-7-5-14(2)6-8-17/h5-8,16,18H,4,9-13H2,1-3H3,(H,21,26)(H,22,25). The van der Waals surface area contributed by atoms with Gasteiger partial charge in [-0.1, -0.05) is 24.6 Å². The number of carbonyl (C=O) groups excluding carboxylic acids is 3. The monoisotopic (exact) mass is 359 g/mol. The summed E-state index contributed by atoms with van der Waals surface area (Å²) in [5, 5.41) is 5.82. The van der Waals surface area contributed by atoms with Crippen molar-refractivity contribution < 1.29 is 14.4 Å². The van der Waals surface area contributed by atoms with Crippen LogP contribution < -0.4 is 10.6 Å². The van der Waals surface area contributed by atoms with Crippen molar-refractivity contribution in [3.63, 3.8) is 0 Å². The molecule has 26 heavy (non-hydrogen) atoms. The van der Waals surface area contributed by atoms with E-state index in [1.807, 2.05) is 26.0 Å². The number of benzene rings is 1. The first kappa shape index (κ1) is 19.9. The first-order chi connectivity index (χ1) is 12.4. The summed E-state index contributed by atoms with van der Waals surface area (Å²) in [6, 6.07) is 6.72. The van der Waals surface area contributed by atoms with Gasteiger partial charge in [0.2, 0.25) is 11.8 Å². The minimum atomic E-state index is -0.579. The zero-order chi connectivity index (χ0) is 19.1. The molecular formula is C20H29N3O3. The smallest absolute Gasteiger partial charge is 0.251 e. The maximum absolute atomic E-state index is 12.6. The SMILES string of the molecule is CCCNC(=O)C(NC(=O)c1ccc(C)cc1)C1CCN(C(C)=O)CC1. The molecule has 0 radical (unpaired) electrons. The molecule has 0 spiro atoms. The maximum atomic E-state index is 12.6. The number of rotatable bonds is 6. The van der Waals surface area contributed by atoms with Crippen LogP contribution in [-0.4, -0.2) is 48.3 Å². The lowest BCUT2D eigenvalue weighted by molar-refractivity contribution is -0.130. The lowest BCUT2D eigenvalue weighted by Gasteiger charge is -2.35. The van der Waals surface area contributed by atoms with Crippen molar-refractivity contribution in [1.29, 1.82) is 0 Å². The number of hydrogen-bond donors (Lipinski definition) is 2. The largest absolute Gasteiger partial charge is 0.354 e. The van der Waals surface area contributed by atoms with Crippen LogP contribution in [0.2, 0.25) is 0 Å². The third kappa shape index (κ3) is 5.31. The number of piperidine rings is 1. The minimum Gasteiger partial charge on any atom is -0.354 e. The van der Waals surface area contributed by atoms with E-state index >= 15 is 0 Å². The molecule has 2 rings (SSSR count). The van der Waals surface area contributed by atoms with E-state index in [-0.39, 0.29) is 23.6 Å². The van der Waals surface area contributed by atoms with E-state index in [4.69, 9.17) is 0 Å². The fourth-order valence-corrected chi connectivity index (χ4v) is 3.23. The van der Waals surface area contributed by atoms with Crippen LogP contribution >= 0.6 is 0 Å². The molecule has 1 aromatic carbocycles. The summed E-state index contributed by atoms with van der Waals surface area (Å²) in [6.45, 7) is 7.35. The van der Waals surface area contributed by atoms with Gasteiger partial charge in [-0.2, -0.15) is 0 Å². The van der Waals surface area contributed by atoms with Gasteiger partial charge in [0.1, 0.15) is 6.04 Å². The molecule has 6 nitrogen and oxygen atoms in total. The van der Waals surface area contributed by atoms with Crippen LogP contribution in [0.5, 0.6) is 0 Å². The Kier molecular flexibility index (Phi) is 7.18. The maximum Gasteiger partial charge on any atom is 0.251 e. The third-order valence-corrected chi connectivity index (χ3v) is 4.89. The molecule has 1 heterocycles. The molecule has 6 heteroatoms. The van der Waals surface area contributed by atoms with Crippen LogP contribution in [0.4, 0.5) is 0 Å². The van der Waals surface area contributed by atoms with E-state index in [2.05, 4.69) is 10.6 Å². The summed E-state index contributed by atoms with van der Waals surface area (Å²) in [7, 11) is 0. The van der Waals surface area contributed by atoms with Crippen molar-refractivity contribution in [3.8, 4) is 0 Å². The summed E-state index contributed by atoms with van der Waals surface area (Å²) in [5.41, 5.74) is 1.63. The third-order valence-electron chi connectivity index (χ3n) is 4.89. The summed E-state index contributed by atoms with van der Waals surface area (Å²) in [6.07, 6.45) is 2.25. The van der Waals surface area contributed by atoms with E-state index < -0.39 is 6.04 Å². The molecule has 0 aliphatic carbocycles. The zero-order valence-corrected chi connectivity index (χ0v) is 15.9. The average molecular weight is 359 g/mol. The Hall–Kier alpha value is -2.37. The average Bonchev–Trinajstić information content (AvgIpc) is 2.64. The van der Waals surface area contributed by atoms with Crippen LogP contribution in [0.3, 0.4) is 0 Å². The molecular weight excluding hydrogens is 330 g/mol. The van der Waals surface area contributed by atoms with Crippen molar-refractivity contribution in [2.45, 2.75) is 46.1 Å². The zero-order valence-electron chi connectivity index (χ0n) is 15.9. The highest BCUT2D eigenvalue weighted by atomic mass is 16.2. The lowest BCUT2D eigenvalue weighted by atomic mass is 9.88. The van der Waals surface area contributed by atoms with Gasteiger partial charge in [-0.25, -0.2) is 0 Å². The van der Waals surface area contributed by atoms with Crippen molar-refractivity contribution in [2.75, 3.05) is 19.6 Å². The van der Waals surface area contributed by atoms with Gasteiger partial charge in [0, 0.05) is 32.1 Å². The molecule has 0 aromatic heterocycles. The number of carbonyl (C=O) groups is 3. The molecule has 1 aromatic rings. The number of amides is 3. The number of likely N-dealkylation sites (tertiary alicyclic amines) is 1. The van der Waals surface area contributed by atoms with Crippen LogP contribution in [-0.2, 0) is 9.59 Å².